The number of amides is 2. The molecule has 0 bridgehead atoms. The minimum absolute atomic E-state index is 0.0781. The Hall–Kier alpha value is -1.81. The van der Waals surface area contributed by atoms with Gasteiger partial charge in [-0.2, -0.15) is 0 Å². The number of nitrogens with one attached hydrogen (secondary N) is 1. The summed E-state index contributed by atoms with van der Waals surface area (Å²) in [4.78, 5) is 28.2. The molecule has 1 aliphatic carbocycles. The van der Waals surface area contributed by atoms with Crippen molar-refractivity contribution in [3.05, 3.63) is 62.5 Å². The lowest BCUT2D eigenvalue weighted by molar-refractivity contribution is -0.139. The number of nitrogens with zero attached hydrogens (tertiary/aromatic N) is 2. The summed E-state index contributed by atoms with van der Waals surface area (Å²) in [5, 5.41) is 3.49. The molecule has 196 valence electrons. The fourth-order valence-corrected chi connectivity index (χ4v) is 5.99. The molecule has 0 heterocycles. The zero-order chi connectivity index (χ0) is 26.5. The molecular weight excluding hydrogens is 589 g/mol. The van der Waals surface area contributed by atoms with Gasteiger partial charge in [0.15, 0.2) is 0 Å². The van der Waals surface area contributed by atoms with Crippen molar-refractivity contribution in [3.63, 3.8) is 0 Å². The van der Waals surface area contributed by atoms with Crippen LogP contribution in [0.1, 0.15) is 44.6 Å². The van der Waals surface area contributed by atoms with Gasteiger partial charge < -0.3 is 10.2 Å². The Bertz CT molecular complexity index is 1210. The topological polar surface area (TPSA) is 86.8 Å². The quantitative estimate of drug-likeness (QED) is 0.408. The van der Waals surface area contributed by atoms with Crippen molar-refractivity contribution >= 4 is 66.7 Å². The van der Waals surface area contributed by atoms with Crippen molar-refractivity contribution in [3.8, 4) is 0 Å². The zero-order valence-corrected chi connectivity index (χ0v) is 24.1. The molecule has 2 aromatic rings. The van der Waals surface area contributed by atoms with Gasteiger partial charge in [-0.3, -0.25) is 13.9 Å². The summed E-state index contributed by atoms with van der Waals surface area (Å²) in [7, 11) is -3.90. The van der Waals surface area contributed by atoms with Gasteiger partial charge in [-0.05, 0) is 55.7 Å². The van der Waals surface area contributed by atoms with Crippen LogP contribution in [0.5, 0.6) is 0 Å². The summed E-state index contributed by atoms with van der Waals surface area (Å²) >= 11 is 15.8. The van der Waals surface area contributed by atoms with Crippen LogP contribution in [0.2, 0.25) is 10.0 Å². The first-order valence-electron chi connectivity index (χ1n) is 11.7. The standard InChI is InChI=1S/C25H30BrCl2N3O4S/c1-17(25(33)29-21-9-4-3-5-10-21)30(15-18-7-6-8-19(26)13-18)24(32)16-31(36(2,34)35)23-14-20(27)11-12-22(23)28/h6-8,11-14,17,21H,3-5,9-10,15-16H2,1-2H3,(H,29,33)/t17-/m1/s1. The Morgan fingerprint density at radius 3 is 2.44 bits per heavy atom. The van der Waals surface area contributed by atoms with Crippen LogP contribution < -0.4 is 9.62 Å². The predicted molar refractivity (Wildman–Crippen MR) is 148 cm³/mol. The maximum absolute atomic E-state index is 13.6. The van der Waals surface area contributed by atoms with Crippen LogP contribution >= 0.6 is 39.1 Å². The average molecular weight is 619 g/mol. The van der Waals surface area contributed by atoms with Crippen molar-refractivity contribution in [1.29, 1.82) is 0 Å². The molecule has 1 aliphatic rings. The number of carbonyl (C=O) groups is 2. The third kappa shape index (κ3) is 7.84. The molecule has 0 aliphatic heterocycles. The number of hydrogen-bond acceptors (Lipinski definition) is 4. The summed E-state index contributed by atoms with van der Waals surface area (Å²) in [6.45, 7) is 1.25. The SMILES string of the molecule is C[C@H](C(=O)NC1CCCCC1)N(Cc1cccc(Br)c1)C(=O)CN(c1cc(Cl)ccc1Cl)S(C)(=O)=O. The van der Waals surface area contributed by atoms with E-state index in [1.807, 2.05) is 24.3 Å². The molecule has 0 aromatic heterocycles. The maximum atomic E-state index is 13.6. The first kappa shape index (κ1) is 28.8. The van der Waals surface area contributed by atoms with Gasteiger partial charge in [0.1, 0.15) is 12.6 Å². The molecule has 36 heavy (non-hydrogen) atoms. The van der Waals surface area contributed by atoms with E-state index in [0.29, 0.717) is 0 Å². The summed E-state index contributed by atoms with van der Waals surface area (Å²) in [5.41, 5.74) is 0.892. The first-order chi connectivity index (χ1) is 17.0. The molecule has 2 aromatic carbocycles. The van der Waals surface area contributed by atoms with Crippen LogP contribution in [0.15, 0.2) is 46.9 Å². The smallest absolute Gasteiger partial charge is 0.244 e. The summed E-state index contributed by atoms with van der Waals surface area (Å²) in [6, 6.07) is 11.1. The lowest BCUT2D eigenvalue weighted by Crippen LogP contribution is -2.53. The minimum Gasteiger partial charge on any atom is -0.352 e. The molecule has 0 saturated heterocycles. The average Bonchev–Trinajstić information content (AvgIpc) is 2.82. The normalized spacial score (nSPS) is 15.2. The van der Waals surface area contributed by atoms with E-state index in [1.165, 1.54) is 23.1 Å². The van der Waals surface area contributed by atoms with E-state index in [0.717, 1.165) is 52.7 Å². The number of halogens is 3. The largest absolute Gasteiger partial charge is 0.352 e. The lowest BCUT2D eigenvalue weighted by atomic mass is 9.95. The Balaban J connectivity index is 1.90. The van der Waals surface area contributed by atoms with Crippen molar-refractivity contribution in [1.82, 2.24) is 10.2 Å². The van der Waals surface area contributed by atoms with Crippen LogP contribution in [0.25, 0.3) is 0 Å². The number of anilines is 1. The highest BCUT2D eigenvalue weighted by Crippen LogP contribution is 2.31. The predicted octanol–water partition coefficient (Wildman–Crippen LogP) is 5.39. The van der Waals surface area contributed by atoms with E-state index in [4.69, 9.17) is 23.2 Å². The van der Waals surface area contributed by atoms with Crippen molar-refractivity contribution in [2.24, 2.45) is 0 Å². The van der Waals surface area contributed by atoms with E-state index in [9.17, 15) is 18.0 Å². The molecule has 0 unspecified atom stereocenters. The van der Waals surface area contributed by atoms with Gasteiger partial charge in [-0.15, -0.1) is 0 Å². The Kier molecular flexibility index (Phi) is 10.1. The highest BCUT2D eigenvalue weighted by Gasteiger charge is 2.32. The first-order valence-corrected chi connectivity index (χ1v) is 15.1. The summed E-state index contributed by atoms with van der Waals surface area (Å²) in [5.74, 6) is -0.806. The molecule has 7 nitrogen and oxygen atoms in total. The molecule has 1 saturated carbocycles. The van der Waals surface area contributed by atoms with Crippen LogP contribution in [0.3, 0.4) is 0 Å². The van der Waals surface area contributed by atoms with Gasteiger partial charge in [-0.1, -0.05) is 70.5 Å². The van der Waals surface area contributed by atoms with E-state index in [1.54, 1.807) is 6.92 Å². The fraction of sp³-hybridized carbons (Fsp3) is 0.440. The molecule has 1 N–H and O–H groups in total. The molecule has 3 rings (SSSR count). The van der Waals surface area contributed by atoms with Gasteiger partial charge in [-0.25, -0.2) is 8.42 Å². The van der Waals surface area contributed by atoms with Crippen molar-refractivity contribution in [2.45, 2.75) is 57.7 Å². The Morgan fingerprint density at radius 1 is 1.11 bits per heavy atom. The molecule has 1 fully saturated rings. The molecular formula is C25H30BrCl2N3O4S. The highest BCUT2D eigenvalue weighted by molar-refractivity contribution is 9.10. The van der Waals surface area contributed by atoms with Crippen LogP contribution in [0.4, 0.5) is 5.69 Å². The second kappa shape index (κ2) is 12.6. The minimum atomic E-state index is -3.90. The number of sulfonamides is 1. The zero-order valence-electron chi connectivity index (χ0n) is 20.2. The van der Waals surface area contributed by atoms with Gasteiger partial charge >= 0.3 is 0 Å². The van der Waals surface area contributed by atoms with E-state index in [2.05, 4.69) is 21.2 Å². The second-order valence-corrected chi connectivity index (χ2v) is 12.7. The second-order valence-electron chi connectivity index (χ2n) is 9.04. The van der Waals surface area contributed by atoms with Crippen LogP contribution in [-0.2, 0) is 26.2 Å². The van der Waals surface area contributed by atoms with Gasteiger partial charge in [0, 0.05) is 22.1 Å². The Labute approximate surface area is 231 Å². The fourth-order valence-electron chi connectivity index (χ4n) is 4.26. The molecule has 0 radical (unpaired) electrons. The number of hydrogen-bond donors (Lipinski definition) is 1. The number of rotatable bonds is 9. The number of benzene rings is 2. The molecule has 1 atom stereocenters. The molecule has 0 spiro atoms. The third-order valence-electron chi connectivity index (χ3n) is 6.22. The van der Waals surface area contributed by atoms with Gasteiger partial charge in [0.05, 0.1) is 17.0 Å². The molecule has 2 amide bonds. The van der Waals surface area contributed by atoms with E-state index < -0.39 is 28.5 Å². The molecule has 11 heteroatoms. The van der Waals surface area contributed by atoms with Crippen molar-refractivity contribution in [2.75, 3.05) is 17.1 Å². The van der Waals surface area contributed by atoms with E-state index >= 15 is 0 Å². The highest BCUT2D eigenvalue weighted by atomic mass is 79.9. The maximum Gasteiger partial charge on any atom is 0.244 e. The van der Waals surface area contributed by atoms with Gasteiger partial charge in [0.2, 0.25) is 21.8 Å². The lowest BCUT2D eigenvalue weighted by Gasteiger charge is -2.33. The third-order valence-corrected chi connectivity index (χ3v) is 8.39. The van der Waals surface area contributed by atoms with Crippen LogP contribution in [-0.4, -0.2) is 50.0 Å². The monoisotopic (exact) mass is 617 g/mol. The van der Waals surface area contributed by atoms with E-state index in [-0.39, 0.29) is 34.2 Å². The number of carbonyl (C=O) groups excluding carboxylic acids is 2. The van der Waals surface area contributed by atoms with Gasteiger partial charge in [0.25, 0.3) is 0 Å². The Morgan fingerprint density at radius 2 is 1.81 bits per heavy atom. The van der Waals surface area contributed by atoms with Crippen LogP contribution in [0, 0.1) is 0 Å². The summed E-state index contributed by atoms with van der Waals surface area (Å²) in [6.07, 6.45) is 6.09. The summed E-state index contributed by atoms with van der Waals surface area (Å²) < 4.78 is 27.1. The van der Waals surface area contributed by atoms with Crippen molar-refractivity contribution < 1.29 is 18.0 Å².